The highest BCUT2D eigenvalue weighted by Gasteiger charge is 2.30. The molecule has 1 unspecified atom stereocenters. The Morgan fingerprint density at radius 1 is 1.41 bits per heavy atom. The number of aromatic nitrogens is 1. The van der Waals surface area contributed by atoms with E-state index in [0.717, 1.165) is 19.3 Å². The average molecular weight is 255 g/mol. The van der Waals surface area contributed by atoms with E-state index in [1.165, 1.54) is 18.3 Å². The number of rotatable bonds is 2. The van der Waals surface area contributed by atoms with Crippen LogP contribution in [0.2, 0.25) is 0 Å². The van der Waals surface area contributed by atoms with Crippen molar-refractivity contribution in [3.05, 3.63) is 18.3 Å². The van der Waals surface area contributed by atoms with Gasteiger partial charge in [-0.3, -0.25) is 0 Å². The first kappa shape index (κ1) is 12.3. The summed E-state index contributed by atoms with van der Waals surface area (Å²) in [7, 11) is -3.41. The van der Waals surface area contributed by atoms with Crippen LogP contribution in [0.5, 0.6) is 0 Å². The molecule has 0 aliphatic carbocycles. The summed E-state index contributed by atoms with van der Waals surface area (Å²) in [5, 5.41) is 0. The van der Waals surface area contributed by atoms with Gasteiger partial charge in [-0.1, -0.05) is 6.42 Å². The molecule has 0 radical (unpaired) electrons. The van der Waals surface area contributed by atoms with Crippen LogP contribution in [-0.4, -0.2) is 30.3 Å². The minimum atomic E-state index is -3.41. The summed E-state index contributed by atoms with van der Waals surface area (Å²) in [5.41, 5.74) is 5.46. The van der Waals surface area contributed by atoms with Gasteiger partial charge in [0.05, 0.1) is 0 Å². The zero-order valence-corrected chi connectivity index (χ0v) is 10.7. The fourth-order valence-corrected chi connectivity index (χ4v) is 3.75. The van der Waals surface area contributed by atoms with E-state index in [-0.39, 0.29) is 10.9 Å². The Hall–Kier alpha value is -1.14. The van der Waals surface area contributed by atoms with E-state index >= 15 is 0 Å². The number of piperidine rings is 1. The summed E-state index contributed by atoms with van der Waals surface area (Å²) in [4.78, 5) is 4.06. The Kier molecular flexibility index (Phi) is 3.35. The first-order valence-electron chi connectivity index (χ1n) is 5.75. The maximum atomic E-state index is 12.4. The quantitative estimate of drug-likeness (QED) is 0.862. The molecule has 1 aromatic heterocycles. The molecule has 1 aromatic rings. The van der Waals surface area contributed by atoms with Crippen LogP contribution in [0.4, 0.5) is 5.82 Å². The largest absolute Gasteiger partial charge is 0.384 e. The van der Waals surface area contributed by atoms with E-state index in [2.05, 4.69) is 4.98 Å². The first-order valence-corrected chi connectivity index (χ1v) is 7.19. The molecule has 1 aliphatic rings. The molecule has 1 saturated heterocycles. The topological polar surface area (TPSA) is 76.3 Å². The number of hydrogen-bond acceptors (Lipinski definition) is 4. The van der Waals surface area contributed by atoms with Gasteiger partial charge >= 0.3 is 0 Å². The highest BCUT2D eigenvalue weighted by molar-refractivity contribution is 7.89. The van der Waals surface area contributed by atoms with E-state index in [1.807, 2.05) is 6.92 Å². The van der Waals surface area contributed by atoms with Crippen molar-refractivity contribution >= 4 is 15.8 Å². The van der Waals surface area contributed by atoms with Crippen LogP contribution in [-0.2, 0) is 10.0 Å². The second kappa shape index (κ2) is 4.62. The molecule has 94 valence electrons. The highest BCUT2D eigenvalue weighted by Crippen LogP contribution is 2.24. The van der Waals surface area contributed by atoms with Gasteiger partial charge in [-0.15, -0.1) is 0 Å². The summed E-state index contributed by atoms with van der Waals surface area (Å²) in [6, 6.07) is 3.09. The SMILES string of the molecule is CC1CCCCN1S(=O)(=O)c1ccc(N)nc1. The number of sulfonamides is 1. The Balaban J connectivity index is 2.32. The monoisotopic (exact) mass is 255 g/mol. The lowest BCUT2D eigenvalue weighted by Crippen LogP contribution is -2.41. The van der Waals surface area contributed by atoms with E-state index < -0.39 is 10.0 Å². The van der Waals surface area contributed by atoms with Crippen molar-refractivity contribution in [2.45, 2.75) is 37.1 Å². The fourth-order valence-electron chi connectivity index (χ4n) is 2.11. The summed E-state index contributed by atoms with van der Waals surface area (Å²) < 4.78 is 26.3. The fraction of sp³-hybridized carbons (Fsp3) is 0.545. The molecule has 2 N–H and O–H groups in total. The van der Waals surface area contributed by atoms with Crippen LogP contribution < -0.4 is 5.73 Å². The molecule has 0 aromatic carbocycles. The molecular formula is C11H17N3O2S. The molecule has 1 fully saturated rings. The van der Waals surface area contributed by atoms with Crippen LogP contribution in [0.25, 0.3) is 0 Å². The average Bonchev–Trinajstić information content (AvgIpc) is 2.30. The minimum Gasteiger partial charge on any atom is -0.384 e. The lowest BCUT2D eigenvalue weighted by atomic mass is 10.1. The first-order chi connectivity index (χ1) is 8.01. The van der Waals surface area contributed by atoms with Gasteiger partial charge in [-0.05, 0) is 31.9 Å². The molecule has 6 heteroatoms. The Morgan fingerprint density at radius 2 is 2.18 bits per heavy atom. The highest BCUT2D eigenvalue weighted by atomic mass is 32.2. The molecule has 0 spiro atoms. The van der Waals surface area contributed by atoms with Crippen LogP contribution in [0, 0.1) is 0 Å². The maximum Gasteiger partial charge on any atom is 0.244 e. The van der Waals surface area contributed by atoms with Crippen LogP contribution >= 0.6 is 0 Å². The molecular weight excluding hydrogens is 238 g/mol. The summed E-state index contributed by atoms with van der Waals surface area (Å²) in [5.74, 6) is 0.329. The molecule has 0 saturated carbocycles. The number of hydrogen-bond donors (Lipinski definition) is 1. The second-order valence-electron chi connectivity index (χ2n) is 4.38. The number of nitrogens with zero attached hydrogens (tertiary/aromatic N) is 2. The van der Waals surface area contributed by atoms with Gasteiger partial charge in [-0.2, -0.15) is 4.31 Å². The van der Waals surface area contributed by atoms with Crippen LogP contribution in [0.3, 0.4) is 0 Å². The molecule has 1 aliphatic heterocycles. The van der Waals surface area contributed by atoms with Crippen LogP contribution in [0.1, 0.15) is 26.2 Å². The second-order valence-corrected chi connectivity index (χ2v) is 6.27. The third-order valence-electron chi connectivity index (χ3n) is 3.11. The van der Waals surface area contributed by atoms with Crippen molar-refractivity contribution < 1.29 is 8.42 Å². The smallest absolute Gasteiger partial charge is 0.244 e. The molecule has 2 rings (SSSR count). The van der Waals surface area contributed by atoms with Crippen LogP contribution in [0.15, 0.2) is 23.2 Å². The molecule has 0 amide bonds. The Bertz CT molecular complexity index is 484. The van der Waals surface area contributed by atoms with Gasteiger partial charge in [-0.25, -0.2) is 13.4 Å². The van der Waals surface area contributed by atoms with Crippen molar-refractivity contribution in [3.63, 3.8) is 0 Å². The molecule has 5 nitrogen and oxygen atoms in total. The van der Waals surface area contributed by atoms with E-state index in [1.54, 1.807) is 4.31 Å². The number of anilines is 1. The standard InChI is InChI=1S/C11H17N3O2S/c1-9-4-2-3-7-14(9)17(15,16)10-5-6-11(12)13-8-10/h5-6,8-9H,2-4,7H2,1H3,(H2,12,13). The molecule has 0 bridgehead atoms. The van der Waals surface area contributed by atoms with Crippen molar-refractivity contribution in [2.24, 2.45) is 0 Å². The number of pyridine rings is 1. The number of nitrogens with two attached hydrogens (primary N) is 1. The minimum absolute atomic E-state index is 0.0614. The molecule has 1 atom stereocenters. The third kappa shape index (κ3) is 2.42. The molecule has 17 heavy (non-hydrogen) atoms. The third-order valence-corrected chi connectivity index (χ3v) is 5.10. The lowest BCUT2D eigenvalue weighted by Gasteiger charge is -2.32. The Labute approximate surface area is 102 Å². The Morgan fingerprint density at radius 3 is 2.76 bits per heavy atom. The van der Waals surface area contributed by atoms with Crippen molar-refractivity contribution in [1.82, 2.24) is 9.29 Å². The van der Waals surface area contributed by atoms with Gasteiger partial charge in [0.2, 0.25) is 10.0 Å². The predicted octanol–water partition coefficient (Wildman–Crippen LogP) is 1.23. The maximum absolute atomic E-state index is 12.4. The van der Waals surface area contributed by atoms with E-state index in [9.17, 15) is 8.42 Å². The van der Waals surface area contributed by atoms with E-state index in [4.69, 9.17) is 5.73 Å². The van der Waals surface area contributed by atoms with Gasteiger partial charge in [0.25, 0.3) is 0 Å². The van der Waals surface area contributed by atoms with Gasteiger partial charge in [0, 0.05) is 18.8 Å². The normalized spacial score (nSPS) is 22.5. The van der Waals surface area contributed by atoms with Crippen molar-refractivity contribution in [2.75, 3.05) is 12.3 Å². The van der Waals surface area contributed by atoms with Gasteiger partial charge in [0.15, 0.2) is 0 Å². The summed E-state index contributed by atoms with van der Waals surface area (Å²) in [6.07, 6.45) is 4.26. The summed E-state index contributed by atoms with van der Waals surface area (Å²) >= 11 is 0. The lowest BCUT2D eigenvalue weighted by molar-refractivity contribution is 0.268. The number of nitrogen functional groups attached to an aromatic ring is 1. The zero-order valence-electron chi connectivity index (χ0n) is 9.83. The van der Waals surface area contributed by atoms with Gasteiger partial charge in [0.1, 0.15) is 10.7 Å². The summed E-state index contributed by atoms with van der Waals surface area (Å²) in [6.45, 7) is 2.54. The van der Waals surface area contributed by atoms with Crippen molar-refractivity contribution in [3.8, 4) is 0 Å². The zero-order chi connectivity index (χ0) is 12.5. The van der Waals surface area contributed by atoms with E-state index in [0.29, 0.717) is 12.4 Å². The van der Waals surface area contributed by atoms with Gasteiger partial charge < -0.3 is 5.73 Å². The molecule has 2 heterocycles. The van der Waals surface area contributed by atoms with Crippen molar-refractivity contribution in [1.29, 1.82) is 0 Å². The predicted molar refractivity (Wildman–Crippen MR) is 65.9 cm³/mol.